The van der Waals surface area contributed by atoms with Crippen molar-refractivity contribution in [1.29, 1.82) is 0 Å². The largest absolute Gasteiger partial charge is 0.0654 e. The lowest BCUT2D eigenvalue weighted by molar-refractivity contribution is 0.508. The van der Waals surface area contributed by atoms with Gasteiger partial charge in [-0.1, -0.05) is 40.0 Å². The summed E-state index contributed by atoms with van der Waals surface area (Å²) in [7, 11) is 0. The summed E-state index contributed by atoms with van der Waals surface area (Å²) in [4.78, 5) is 0. The van der Waals surface area contributed by atoms with Gasteiger partial charge in [-0.2, -0.15) is 0 Å². The Hall–Kier alpha value is 0. The van der Waals surface area contributed by atoms with Crippen LogP contribution in [0.4, 0.5) is 0 Å². The minimum atomic E-state index is 0.591. The van der Waals surface area contributed by atoms with E-state index in [1.165, 1.54) is 25.7 Å². The third-order valence-corrected chi connectivity index (χ3v) is 2.60. The molecular formula is C10H19. The summed E-state index contributed by atoms with van der Waals surface area (Å²) < 4.78 is 0. The van der Waals surface area contributed by atoms with Crippen molar-refractivity contribution >= 4 is 0 Å². The minimum absolute atomic E-state index is 0.591. The van der Waals surface area contributed by atoms with Gasteiger partial charge in [-0.3, -0.25) is 0 Å². The molecule has 0 heterocycles. The van der Waals surface area contributed by atoms with Crippen molar-refractivity contribution in [2.45, 2.75) is 46.5 Å². The molecule has 0 spiro atoms. The Morgan fingerprint density at radius 1 is 1.30 bits per heavy atom. The Kier molecular flexibility index (Phi) is 2.38. The van der Waals surface area contributed by atoms with Crippen LogP contribution in [0, 0.1) is 17.8 Å². The van der Waals surface area contributed by atoms with Gasteiger partial charge in [-0.05, 0) is 24.2 Å². The first-order valence-electron chi connectivity index (χ1n) is 4.53. The maximum absolute atomic E-state index is 2.47. The molecule has 0 aromatic rings. The highest BCUT2D eigenvalue weighted by Crippen LogP contribution is 2.52. The normalized spacial score (nSPS) is 28.5. The van der Waals surface area contributed by atoms with Crippen molar-refractivity contribution < 1.29 is 0 Å². The molecule has 0 bridgehead atoms. The lowest BCUT2D eigenvalue weighted by Gasteiger charge is -2.00. The monoisotopic (exact) mass is 139 g/mol. The second-order valence-electron chi connectivity index (χ2n) is 4.09. The van der Waals surface area contributed by atoms with E-state index in [0.29, 0.717) is 5.41 Å². The number of hydrogen-bond donors (Lipinski definition) is 0. The van der Waals surface area contributed by atoms with Gasteiger partial charge in [0.25, 0.3) is 0 Å². The van der Waals surface area contributed by atoms with Crippen molar-refractivity contribution in [1.82, 2.24) is 0 Å². The van der Waals surface area contributed by atoms with Crippen LogP contribution in [-0.4, -0.2) is 0 Å². The van der Waals surface area contributed by atoms with Gasteiger partial charge in [-0.15, -0.1) is 0 Å². The molecule has 0 aromatic carbocycles. The molecule has 1 saturated carbocycles. The highest BCUT2D eigenvalue weighted by molar-refractivity contribution is 5.12. The quantitative estimate of drug-likeness (QED) is 0.523. The molecule has 1 aliphatic rings. The van der Waals surface area contributed by atoms with Crippen LogP contribution >= 0.6 is 0 Å². The second kappa shape index (κ2) is 2.94. The lowest BCUT2D eigenvalue weighted by atomic mass is 10.0. The maximum atomic E-state index is 2.47. The summed E-state index contributed by atoms with van der Waals surface area (Å²) in [6, 6.07) is 0. The molecule has 0 saturated heterocycles. The molecule has 0 heteroatoms. The summed E-state index contributed by atoms with van der Waals surface area (Å²) in [6.07, 6.45) is 8.11. The molecule has 0 aromatic heterocycles. The molecule has 0 nitrogen and oxygen atoms in total. The molecule has 0 aliphatic heterocycles. The van der Waals surface area contributed by atoms with Crippen molar-refractivity contribution in [3.63, 3.8) is 0 Å². The van der Waals surface area contributed by atoms with Gasteiger partial charge in [0.2, 0.25) is 0 Å². The van der Waals surface area contributed by atoms with Crippen molar-refractivity contribution in [3.05, 3.63) is 6.42 Å². The molecular weight excluding hydrogens is 120 g/mol. The number of unbranched alkanes of at least 4 members (excludes halogenated alkanes) is 2. The van der Waals surface area contributed by atoms with Gasteiger partial charge in [-0.25, -0.2) is 0 Å². The molecule has 1 rings (SSSR count). The zero-order valence-electron chi connectivity index (χ0n) is 7.48. The van der Waals surface area contributed by atoms with Gasteiger partial charge in [0.15, 0.2) is 0 Å². The Morgan fingerprint density at radius 2 is 1.90 bits per heavy atom. The molecule has 1 radical (unpaired) electrons. The summed E-state index contributed by atoms with van der Waals surface area (Å²) in [5.41, 5.74) is 0.591. The van der Waals surface area contributed by atoms with Gasteiger partial charge in [0, 0.05) is 0 Å². The third-order valence-electron chi connectivity index (χ3n) is 2.60. The molecule has 0 N–H and O–H groups in total. The van der Waals surface area contributed by atoms with Crippen molar-refractivity contribution in [3.8, 4) is 0 Å². The van der Waals surface area contributed by atoms with Crippen LogP contribution in [0.15, 0.2) is 0 Å². The minimum Gasteiger partial charge on any atom is -0.0654 e. The zero-order chi connectivity index (χ0) is 7.61. The molecule has 0 amide bonds. The zero-order valence-corrected chi connectivity index (χ0v) is 7.48. The first kappa shape index (κ1) is 8.10. The van der Waals surface area contributed by atoms with Crippen LogP contribution in [0.2, 0.25) is 0 Å². The molecule has 1 aliphatic carbocycles. The molecule has 10 heavy (non-hydrogen) atoms. The fourth-order valence-corrected chi connectivity index (χ4v) is 1.54. The first-order valence-corrected chi connectivity index (χ1v) is 4.53. The van der Waals surface area contributed by atoms with E-state index < -0.39 is 0 Å². The van der Waals surface area contributed by atoms with Crippen LogP contribution < -0.4 is 0 Å². The van der Waals surface area contributed by atoms with Crippen molar-refractivity contribution in [2.75, 3.05) is 0 Å². The third kappa shape index (κ3) is 2.00. The maximum Gasteiger partial charge on any atom is -0.0289 e. The van der Waals surface area contributed by atoms with E-state index in [9.17, 15) is 0 Å². The van der Waals surface area contributed by atoms with Crippen LogP contribution in [0.1, 0.15) is 46.5 Å². The highest BCUT2D eigenvalue weighted by Gasteiger charge is 2.44. The van der Waals surface area contributed by atoms with E-state index in [4.69, 9.17) is 0 Å². The predicted molar refractivity (Wildman–Crippen MR) is 45.7 cm³/mol. The van der Waals surface area contributed by atoms with E-state index in [1.807, 2.05) is 0 Å². The smallest absolute Gasteiger partial charge is 0.0289 e. The Morgan fingerprint density at radius 3 is 2.30 bits per heavy atom. The standard InChI is InChI=1S/C10H19/c1-4-5-6-7-9-8-10(9,2)3/h8-9H,4-7H2,1-3H3. The van der Waals surface area contributed by atoms with E-state index in [1.54, 1.807) is 0 Å². The number of rotatable bonds is 4. The fraction of sp³-hybridized carbons (Fsp3) is 0.900. The summed E-state index contributed by atoms with van der Waals surface area (Å²) in [6.45, 7) is 6.94. The summed E-state index contributed by atoms with van der Waals surface area (Å²) in [5.74, 6) is 0.944. The fourth-order valence-electron chi connectivity index (χ4n) is 1.54. The van der Waals surface area contributed by atoms with Crippen LogP contribution in [0.5, 0.6) is 0 Å². The Balaban J connectivity index is 1.97. The second-order valence-corrected chi connectivity index (χ2v) is 4.09. The summed E-state index contributed by atoms with van der Waals surface area (Å²) >= 11 is 0. The average molecular weight is 139 g/mol. The van der Waals surface area contributed by atoms with Crippen LogP contribution in [0.3, 0.4) is 0 Å². The van der Waals surface area contributed by atoms with E-state index >= 15 is 0 Å². The average Bonchev–Trinajstić information content (AvgIpc) is 2.41. The molecule has 1 atom stereocenters. The van der Waals surface area contributed by atoms with E-state index in [-0.39, 0.29) is 0 Å². The molecule has 1 fully saturated rings. The SMILES string of the molecule is CCCCCC1[CH]C1(C)C. The van der Waals surface area contributed by atoms with Gasteiger partial charge in [0.05, 0.1) is 0 Å². The topological polar surface area (TPSA) is 0 Å². The van der Waals surface area contributed by atoms with Gasteiger partial charge >= 0.3 is 0 Å². The first-order chi connectivity index (χ1) is 4.67. The number of hydrogen-bond acceptors (Lipinski definition) is 0. The van der Waals surface area contributed by atoms with Gasteiger partial charge in [0.1, 0.15) is 0 Å². The molecule has 1 unspecified atom stereocenters. The predicted octanol–water partition coefficient (Wildman–Crippen LogP) is 3.43. The Labute approximate surface area is 65.0 Å². The lowest BCUT2D eigenvalue weighted by Crippen LogP contribution is -1.89. The van der Waals surface area contributed by atoms with E-state index in [2.05, 4.69) is 27.2 Å². The van der Waals surface area contributed by atoms with Crippen molar-refractivity contribution in [2.24, 2.45) is 11.3 Å². The highest BCUT2D eigenvalue weighted by atomic mass is 14.5. The van der Waals surface area contributed by atoms with Crippen LogP contribution in [-0.2, 0) is 0 Å². The molecule has 59 valence electrons. The van der Waals surface area contributed by atoms with E-state index in [0.717, 1.165) is 5.92 Å². The summed E-state index contributed by atoms with van der Waals surface area (Å²) in [5, 5.41) is 0. The van der Waals surface area contributed by atoms with Gasteiger partial charge < -0.3 is 0 Å². The Bertz CT molecular complexity index is 103. The van der Waals surface area contributed by atoms with Crippen LogP contribution in [0.25, 0.3) is 0 Å².